The lowest BCUT2D eigenvalue weighted by atomic mass is 10.00. The zero-order valence-electron chi connectivity index (χ0n) is 12.5. The van der Waals surface area contributed by atoms with E-state index in [1.165, 1.54) is 16.4 Å². The van der Waals surface area contributed by atoms with Crippen molar-refractivity contribution in [3.8, 4) is 0 Å². The van der Waals surface area contributed by atoms with E-state index in [0.29, 0.717) is 6.54 Å². The molecule has 1 aromatic carbocycles. The Kier molecular flexibility index (Phi) is 4.88. The Morgan fingerprint density at radius 2 is 2.00 bits per heavy atom. The van der Waals surface area contributed by atoms with E-state index in [1.807, 2.05) is 38.1 Å². The van der Waals surface area contributed by atoms with E-state index < -0.39 is 5.97 Å². The van der Waals surface area contributed by atoms with E-state index in [1.54, 1.807) is 0 Å². The van der Waals surface area contributed by atoms with Crippen LogP contribution in [0.3, 0.4) is 0 Å². The summed E-state index contributed by atoms with van der Waals surface area (Å²) in [5.74, 6) is -1.21. The van der Waals surface area contributed by atoms with Crippen molar-refractivity contribution < 1.29 is 14.7 Å². The second kappa shape index (κ2) is 6.84. The van der Waals surface area contributed by atoms with Crippen LogP contribution in [0.5, 0.6) is 0 Å². The molecule has 0 aliphatic rings. The molecule has 116 valence electrons. The first-order valence-corrected chi connectivity index (χ1v) is 6.92. The van der Waals surface area contributed by atoms with Crippen molar-refractivity contribution in [1.82, 2.24) is 20.3 Å². The summed E-state index contributed by atoms with van der Waals surface area (Å²) in [5.41, 5.74) is 2.17. The second-order valence-electron chi connectivity index (χ2n) is 5.22. The molecule has 1 aromatic heterocycles. The van der Waals surface area contributed by atoms with Crippen LogP contribution in [0.25, 0.3) is 0 Å². The number of aryl methyl sites for hydroxylation is 1. The van der Waals surface area contributed by atoms with E-state index in [4.69, 9.17) is 5.11 Å². The van der Waals surface area contributed by atoms with E-state index in [0.717, 1.165) is 5.56 Å². The number of carbonyl (C=O) groups is 2. The molecule has 22 heavy (non-hydrogen) atoms. The van der Waals surface area contributed by atoms with Crippen LogP contribution >= 0.6 is 0 Å². The SMILES string of the molecule is Cc1ccc(C(C)CNC(=O)Cn2cc(C(=O)O)nn2)cc1. The first-order valence-electron chi connectivity index (χ1n) is 6.92. The van der Waals surface area contributed by atoms with Crippen LogP contribution in [-0.2, 0) is 11.3 Å². The maximum Gasteiger partial charge on any atom is 0.358 e. The van der Waals surface area contributed by atoms with Crippen molar-refractivity contribution in [2.75, 3.05) is 6.54 Å². The summed E-state index contributed by atoms with van der Waals surface area (Å²) in [6.07, 6.45) is 1.23. The van der Waals surface area contributed by atoms with Gasteiger partial charge in [0.05, 0.1) is 6.20 Å². The van der Waals surface area contributed by atoms with Gasteiger partial charge in [-0.3, -0.25) is 4.79 Å². The first-order chi connectivity index (χ1) is 10.5. The number of aromatic nitrogens is 3. The highest BCUT2D eigenvalue weighted by Crippen LogP contribution is 2.14. The number of carbonyl (C=O) groups excluding carboxylic acids is 1. The third kappa shape index (κ3) is 4.15. The van der Waals surface area contributed by atoms with Crippen LogP contribution in [0.2, 0.25) is 0 Å². The number of rotatable bonds is 6. The fourth-order valence-corrected chi connectivity index (χ4v) is 1.96. The summed E-state index contributed by atoms with van der Waals surface area (Å²) in [5, 5.41) is 18.6. The molecule has 0 aliphatic carbocycles. The van der Waals surface area contributed by atoms with Crippen LogP contribution in [0, 0.1) is 6.92 Å². The summed E-state index contributed by atoms with van der Waals surface area (Å²) in [6, 6.07) is 8.17. The average Bonchev–Trinajstić information content (AvgIpc) is 2.94. The molecule has 0 radical (unpaired) electrons. The summed E-state index contributed by atoms with van der Waals surface area (Å²) in [6.45, 7) is 4.51. The maximum absolute atomic E-state index is 11.8. The van der Waals surface area contributed by atoms with Crippen LogP contribution in [0.15, 0.2) is 30.5 Å². The summed E-state index contributed by atoms with van der Waals surface area (Å²) < 4.78 is 1.20. The monoisotopic (exact) mass is 302 g/mol. The highest BCUT2D eigenvalue weighted by Gasteiger charge is 2.12. The van der Waals surface area contributed by atoms with Crippen LogP contribution < -0.4 is 5.32 Å². The lowest BCUT2D eigenvalue weighted by Crippen LogP contribution is -2.31. The molecule has 0 fully saturated rings. The number of amides is 1. The Labute approximate surface area is 128 Å². The molecule has 2 N–H and O–H groups in total. The van der Waals surface area contributed by atoms with Crippen molar-refractivity contribution in [2.24, 2.45) is 0 Å². The smallest absolute Gasteiger partial charge is 0.358 e. The number of carboxylic acids is 1. The predicted octanol–water partition coefficient (Wildman–Crippen LogP) is 1.20. The van der Waals surface area contributed by atoms with Gasteiger partial charge in [0.25, 0.3) is 0 Å². The lowest BCUT2D eigenvalue weighted by molar-refractivity contribution is -0.121. The molecule has 7 nitrogen and oxygen atoms in total. The normalized spacial score (nSPS) is 11.9. The molecule has 1 unspecified atom stereocenters. The Morgan fingerprint density at radius 1 is 1.32 bits per heavy atom. The molecule has 1 heterocycles. The van der Waals surface area contributed by atoms with E-state index >= 15 is 0 Å². The fourth-order valence-electron chi connectivity index (χ4n) is 1.96. The van der Waals surface area contributed by atoms with Crippen molar-refractivity contribution in [2.45, 2.75) is 26.3 Å². The highest BCUT2D eigenvalue weighted by molar-refractivity contribution is 5.84. The number of nitrogens with zero attached hydrogens (tertiary/aromatic N) is 3. The highest BCUT2D eigenvalue weighted by atomic mass is 16.4. The molecule has 0 spiro atoms. The number of carboxylic acid groups (broad SMARTS) is 1. The standard InChI is InChI=1S/C15H18N4O3/c1-10-3-5-12(6-4-10)11(2)7-16-14(20)9-19-8-13(15(21)22)17-18-19/h3-6,8,11H,7,9H2,1-2H3,(H,16,20)(H,21,22). The number of benzene rings is 1. The molecule has 2 rings (SSSR count). The van der Waals surface area contributed by atoms with Crippen molar-refractivity contribution in [3.63, 3.8) is 0 Å². The zero-order valence-corrected chi connectivity index (χ0v) is 12.5. The van der Waals surface area contributed by atoms with Crippen molar-refractivity contribution in [3.05, 3.63) is 47.3 Å². The van der Waals surface area contributed by atoms with E-state index in [-0.39, 0.29) is 24.1 Å². The molecule has 0 saturated heterocycles. The van der Waals surface area contributed by atoms with Gasteiger partial charge in [-0.15, -0.1) is 5.10 Å². The molecular formula is C15H18N4O3. The van der Waals surface area contributed by atoms with Crippen molar-refractivity contribution in [1.29, 1.82) is 0 Å². The molecule has 1 atom stereocenters. The van der Waals surface area contributed by atoms with E-state index in [9.17, 15) is 9.59 Å². The quantitative estimate of drug-likeness (QED) is 0.836. The topological polar surface area (TPSA) is 97.1 Å². The van der Waals surface area contributed by atoms with Crippen LogP contribution in [0.1, 0.15) is 34.5 Å². The Bertz CT molecular complexity index is 664. The molecular weight excluding hydrogens is 284 g/mol. The van der Waals surface area contributed by atoms with Gasteiger partial charge in [-0.25, -0.2) is 9.48 Å². The minimum atomic E-state index is -1.17. The minimum absolute atomic E-state index is 0.0547. The second-order valence-corrected chi connectivity index (χ2v) is 5.22. The Hall–Kier alpha value is -2.70. The molecule has 0 aliphatic heterocycles. The van der Waals surface area contributed by atoms with Crippen LogP contribution in [-0.4, -0.2) is 38.5 Å². The molecule has 1 amide bonds. The predicted molar refractivity (Wildman–Crippen MR) is 79.6 cm³/mol. The lowest BCUT2D eigenvalue weighted by Gasteiger charge is -2.13. The number of aromatic carboxylic acids is 1. The number of hydrogen-bond acceptors (Lipinski definition) is 4. The maximum atomic E-state index is 11.8. The summed E-state index contributed by atoms with van der Waals surface area (Å²) in [4.78, 5) is 22.5. The average molecular weight is 302 g/mol. The fraction of sp³-hybridized carbons (Fsp3) is 0.333. The third-order valence-electron chi connectivity index (χ3n) is 3.32. The van der Waals surface area contributed by atoms with Crippen LogP contribution in [0.4, 0.5) is 0 Å². The molecule has 2 aromatic rings. The third-order valence-corrected chi connectivity index (χ3v) is 3.32. The first kappa shape index (κ1) is 15.7. The molecule has 0 saturated carbocycles. The van der Waals surface area contributed by atoms with Gasteiger partial charge in [0, 0.05) is 6.54 Å². The molecule has 7 heteroatoms. The molecule has 0 bridgehead atoms. The largest absolute Gasteiger partial charge is 0.476 e. The zero-order chi connectivity index (χ0) is 16.1. The van der Waals surface area contributed by atoms with Gasteiger partial charge in [-0.2, -0.15) is 0 Å². The van der Waals surface area contributed by atoms with Gasteiger partial charge in [0.15, 0.2) is 5.69 Å². The van der Waals surface area contributed by atoms with Gasteiger partial charge in [0.2, 0.25) is 5.91 Å². The van der Waals surface area contributed by atoms with Gasteiger partial charge >= 0.3 is 5.97 Å². The summed E-state index contributed by atoms with van der Waals surface area (Å²) >= 11 is 0. The van der Waals surface area contributed by atoms with Gasteiger partial charge in [0.1, 0.15) is 6.54 Å². The Morgan fingerprint density at radius 3 is 2.59 bits per heavy atom. The minimum Gasteiger partial charge on any atom is -0.476 e. The number of nitrogens with one attached hydrogen (secondary N) is 1. The van der Waals surface area contributed by atoms with E-state index in [2.05, 4.69) is 15.6 Å². The van der Waals surface area contributed by atoms with Gasteiger partial charge < -0.3 is 10.4 Å². The van der Waals surface area contributed by atoms with Gasteiger partial charge in [-0.05, 0) is 18.4 Å². The number of hydrogen-bond donors (Lipinski definition) is 2. The summed E-state index contributed by atoms with van der Waals surface area (Å²) in [7, 11) is 0. The van der Waals surface area contributed by atoms with Gasteiger partial charge in [-0.1, -0.05) is 42.0 Å². The Balaban J connectivity index is 1.84. The van der Waals surface area contributed by atoms with Crippen molar-refractivity contribution >= 4 is 11.9 Å².